The molecule has 0 spiro atoms. The second-order valence-corrected chi connectivity index (χ2v) is 7.37. The summed E-state index contributed by atoms with van der Waals surface area (Å²) in [5, 5.41) is 2.65. The van der Waals surface area contributed by atoms with Gasteiger partial charge in [-0.25, -0.2) is 17.5 Å². The van der Waals surface area contributed by atoms with Crippen molar-refractivity contribution in [2.24, 2.45) is 0 Å². The molecule has 128 valence electrons. The van der Waals surface area contributed by atoms with Gasteiger partial charge in [0.2, 0.25) is 15.9 Å². The number of carbonyl (C=O) groups excluding carboxylic acids is 1. The average molecular weight is 350 g/mol. The van der Waals surface area contributed by atoms with Crippen LogP contribution in [-0.2, 0) is 21.2 Å². The molecule has 2 rings (SSSR count). The van der Waals surface area contributed by atoms with Gasteiger partial charge < -0.3 is 5.32 Å². The quantitative estimate of drug-likeness (QED) is 0.841. The lowest BCUT2D eigenvalue weighted by Crippen LogP contribution is -2.30. The van der Waals surface area contributed by atoms with E-state index in [4.69, 9.17) is 0 Å². The number of amides is 1. The minimum Gasteiger partial charge on any atom is -0.326 e. The topological polar surface area (TPSA) is 75.3 Å². The van der Waals surface area contributed by atoms with Gasteiger partial charge in [0.1, 0.15) is 5.82 Å². The van der Waals surface area contributed by atoms with Crippen molar-refractivity contribution < 1.29 is 17.6 Å². The molecule has 0 saturated heterocycles. The van der Waals surface area contributed by atoms with E-state index < -0.39 is 15.8 Å². The first kappa shape index (κ1) is 18.1. The minimum absolute atomic E-state index is 0.0344. The van der Waals surface area contributed by atoms with E-state index in [1.807, 2.05) is 0 Å². The van der Waals surface area contributed by atoms with Gasteiger partial charge in [0, 0.05) is 11.7 Å². The molecule has 2 aromatic rings. The van der Waals surface area contributed by atoms with Gasteiger partial charge in [-0.05, 0) is 55.8 Å². The summed E-state index contributed by atoms with van der Waals surface area (Å²) < 4.78 is 39.6. The van der Waals surface area contributed by atoms with Gasteiger partial charge in [-0.2, -0.15) is 0 Å². The molecule has 0 aliphatic heterocycles. The summed E-state index contributed by atoms with van der Waals surface area (Å²) in [4.78, 5) is 12.1. The maximum absolute atomic E-state index is 13.1. The average Bonchev–Trinajstić information content (AvgIpc) is 2.46. The van der Waals surface area contributed by atoms with Crippen molar-refractivity contribution in [2.75, 3.05) is 5.32 Å². The summed E-state index contributed by atoms with van der Waals surface area (Å²) in [6.45, 7) is 3.47. The van der Waals surface area contributed by atoms with Crippen LogP contribution < -0.4 is 10.0 Å². The van der Waals surface area contributed by atoms with Crippen LogP contribution in [0.3, 0.4) is 0 Å². The first-order valence-corrected chi connectivity index (χ1v) is 8.91. The summed E-state index contributed by atoms with van der Waals surface area (Å²) in [5.41, 5.74) is 1.03. The molecular formula is C17H19FN2O3S. The maximum Gasteiger partial charge on any atom is 0.240 e. The van der Waals surface area contributed by atoms with Gasteiger partial charge in [-0.3, -0.25) is 4.79 Å². The van der Waals surface area contributed by atoms with Crippen molar-refractivity contribution in [2.45, 2.75) is 31.2 Å². The van der Waals surface area contributed by atoms with E-state index in [1.54, 1.807) is 26.0 Å². The highest BCUT2D eigenvalue weighted by Crippen LogP contribution is 2.15. The van der Waals surface area contributed by atoms with Gasteiger partial charge in [0.15, 0.2) is 0 Å². The normalized spacial score (nSPS) is 11.5. The summed E-state index contributed by atoms with van der Waals surface area (Å²) in [6, 6.07) is 11.5. The van der Waals surface area contributed by atoms with Crippen LogP contribution in [0.25, 0.3) is 0 Å². The number of nitrogens with one attached hydrogen (secondary N) is 2. The van der Waals surface area contributed by atoms with E-state index in [-0.39, 0.29) is 23.3 Å². The zero-order valence-corrected chi connectivity index (χ0v) is 14.2. The first-order chi connectivity index (χ1) is 11.3. The van der Waals surface area contributed by atoms with Gasteiger partial charge in [-0.1, -0.05) is 12.1 Å². The Morgan fingerprint density at radius 1 is 1.12 bits per heavy atom. The smallest absolute Gasteiger partial charge is 0.240 e. The Labute approximate surface area is 141 Å². The fraction of sp³-hybridized carbons (Fsp3) is 0.235. The number of carbonyl (C=O) groups is 1. The lowest BCUT2D eigenvalue weighted by molar-refractivity contribution is -0.115. The Hall–Kier alpha value is -2.25. The molecule has 5 nitrogen and oxygen atoms in total. The van der Waals surface area contributed by atoms with Crippen LogP contribution in [0.15, 0.2) is 53.4 Å². The molecule has 0 bridgehead atoms. The molecule has 2 N–H and O–H groups in total. The summed E-state index contributed by atoms with van der Waals surface area (Å²) in [7, 11) is -3.56. The first-order valence-electron chi connectivity index (χ1n) is 7.43. The Morgan fingerprint density at radius 2 is 1.79 bits per heavy atom. The highest BCUT2D eigenvalue weighted by molar-refractivity contribution is 7.89. The van der Waals surface area contributed by atoms with Crippen LogP contribution in [0.4, 0.5) is 10.1 Å². The molecule has 0 fully saturated rings. The van der Waals surface area contributed by atoms with Crippen molar-refractivity contribution >= 4 is 21.6 Å². The fourth-order valence-electron chi connectivity index (χ4n) is 2.13. The second kappa shape index (κ2) is 7.55. The molecule has 0 atom stereocenters. The van der Waals surface area contributed by atoms with Gasteiger partial charge in [-0.15, -0.1) is 0 Å². The van der Waals surface area contributed by atoms with Gasteiger partial charge in [0.05, 0.1) is 11.3 Å². The zero-order chi connectivity index (χ0) is 17.7. The lowest BCUT2D eigenvalue weighted by Gasteiger charge is -2.10. The summed E-state index contributed by atoms with van der Waals surface area (Å²) in [5.74, 6) is -0.705. The highest BCUT2D eigenvalue weighted by atomic mass is 32.2. The molecule has 1 amide bonds. The van der Waals surface area contributed by atoms with E-state index in [2.05, 4.69) is 10.0 Å². The number of rotatable bonds is 6. The third kappa shape index (κ3) is 5.14. The molecule has 0 aliphatic carbocycles. The predicted molar refractivity (Wildman–Crippen MR) is 90.6 cm³/mol. The van der Waals surface area contributed by atoms with Crippen LogP contribution in [0.5, 0.6) is 0 Å². The number of hydrogen-bond acceptors (Lipinski definition) is 3. The Balaban J connectivity index is 2.02. The molecule has 2 aromatic carbocycles. The monoisotopic (exact) mass is 350 g/mol. The third-order valence-electron chi connectivity index (χ3n) is 3.09. The molecule has 0 aromatic heterocycles. The van der Waals surface area contributed by atoms with Gasteiger partial charge in [0.25, 0.3) is 0 Å². The van der Waals surface area contributed by atoms with E-state index >= 15 is 0 Å². The van der Waals surface area contributed by atoms with Crippen molar-refractivity contribution in [1.82, 2.24) is 4.72 Å². The van der Waals surface area contributed by atoms with E-state index in [1.165, 1.54) is 36.4 Å². The molecular weight excluding hydrogens is 331 g/mol. The van der Waals surface area contributed by atoms with Crippen molar-refractivity contribution in [3.05, 3.63) is 59.9 Å². The van der Waals surface area contributed by atoms with Crippen molar-refractivity contribution in [1.29, 1.82) is 0 Å². The van der Waals surface area contributed by atoms with Crippen molar-refractivity contribution in [3.8, 4) is 0 Å². The number of hydrogen-bond donors (Lipinski definition) is 2. The standard InChI is InChI=1S/C17H19FN2O3S/c1-12(2)20-24(22,23)16-8-6-15(7-9-16)19-17(21)11-13-4-3-5-14(18)10-13/h3-10,12,20H,11H2,1-2H3,(H,19,21). The molecule has 0 unspecified atom stereocenters. The molecule has 7 heteroatoms. The number of sulfonamides is 1. The molecule has 0 radical (unpaired) electrons. The largest absolute Gasteiger partial charge is 0.326 e. The summed E-state index contributed by atoms with van der Waals surface area (Å²) >= 11 is 0. The van der Waals surface area contributed by atoms with Crippen molar-refractivity contribution in [3.63, 3.8) is 0 Å². The van der Waals surface area contributed by atoms with Crippen LogP contribution in [-0.4, -0.2) is 20.4 Å². The lowest BCUT2D eigenvalue weighted by atomic mass is 10.1. The number of halogens is 1. The second-order valence-electron chi connectivity index (χ2n) is 5.66. The van der Waals surface area contributed by atoms with Crippen LogP contribution in [0.2, 0.25) is 0 Å². The van der Waals surface area contributed by atoms with Crippen LogP contribution in [0, 0.1) is 5.82 Å². The fourth-order valence-corrected chi connectivity index (χ4v) is 3.38. The SMILES string of the molecule is CC(C)NS(=O)(=O)c1ccc(NC(=O)Cc2cccc(F)c2)cc1. The van der Waals surface area contributed by atoms with Gasteiger partial charge >= 0.3 is 0 Å². The predicted octanol–water partition coefficient (Wildman–Crippen LogP) is 2.69. The third-order valence-corrected chi connectivity index (χ3v) is 4.77. The van der Waals surface area contributed by atoms with E-state index in [9.17, 15) is 17.6 Å². The molecule has 0 aliphatic rings. The van der Waals surface area contributed by atoms with E-state index in [0.29, 0.717) is 11.3 Å². The maximum atomic E-state index is 13.1. The molecule has 24 heavy (non-hydrogen) atoms. The van der Waals surface area contributed by atoms with Crippen LogP contribution in [0.1, 0.15) is 19.4 Å². The van der Waals surface area contributed by atoms with E-state index in [0.717, 1.165) is 0 Å². The zero-order valence-electron chi connectivity index (χ0n) is 13.4. The molecule has 0 saturated carbocycles. The Kier molecular flexibility index (Phi) is 5.69. The van der Waals surface area contributed by atoms with Crippen LogP contribution >= 0.6 is 0 Å². The Bertz CT molecular complexity index is 818. The minimum atomic E-state index is -3.56. The Morgan fingerprint density at radius 3 is 2.38 bits per heavy atom. The molecule has 0 heterocycles. The number of anilines is 1. The summed E-state index contributed by atoms with van der Waals surface area (Å²) in [6.07, 6.45) is 0.0344. The highest BCUT2D eigenvalue weighted by Gasteiger charge is 2.15. The number of benzene rings is 2.